The Morgan fingerprint density at radius 3 is 2.07 bits per heavy atom. The fourth-order valence-electron chi connectivity index (χ4n) is 3.19. The van der Waals surface area contributed by atoms with Crippen LogP contribution in [0.3, 0.4) is 0 Å². The molecule has 0 amide bonds. The molecule has 0 spiro atoms. The molecule has 0 aromatic rings. The minimum absolute atomic E-state index is 0.284. The summed E-state index contributed by atoms with van der Waals surface area (Å²) in [7, 11) is 2.16. The molecule has 1 rings (SSSR count). The Morgan fingerprint density at radius 1 is 1.07 bits per heavy atom. The van der Waals surface area contributed by atoms with E-state index in [4.69, 9.17) is 5.11 Å². The van der Waals surface area contributed by atoms with Gasteiger partial charge in [-0.1, -0.05) is 33.1 Å². The van der Waals surface area contributed by atoms with E-state index in [1.54, 1.807) is 0 Å². The van der Waals surface area contributed by atoms with Crippen molar-refractivity contribution < 1.29 is 5.11 Å². The average molecular weight is 213 g/mol. The van der Waals surface area contributed by atoms with Crippen LogP contribution < -0.4 is 0 Å². The van der Waals surface area contributed by atoms with Gasteiger partial charge >= 0.3 is 0 Å². The van der Waals surface area contributed by atoms with Crippen LogP contribution in [-0.4, -0.2) is 36.2 Å². The third kappa shape index (κ3) is 3.76. The molecule has 1 fully saturated rings. The topological polar surface area (TPSA) is 23.5 Å². The molecule has 0 radical (unpaired) electrons. The lowest BCUT2D eigenvalue weighted by molar-refractivity contribution is 0.0904. The van der Waals surface area contributed by atoms with Crippen molar-refractivity contribution in [1.82, 2.24) is 4.90 Å². The van der Waals surface area contributed by atoms with Crippen molar-refractivity contribution in [3.05, 3.63) is 0 Å². The molecule has 2 nitrogen and oxygen atoms in total. The molecule has 0 aromatic carbocycles. The van der Waals surface area contributed by atoms with E-state index in [0.29, 0.717) is 6.04 Å². The third-order valence-corrected chi connectivity index (χ3v) is 3.95. The second kappa shape index (κ2) is 6.49. The number of rotatable bonds is 3. The lowest BCUT2D eigenvalue weighted by Crippen LogP contribution is -2.43. The summed E-state index contributed by atoms with van der Waals surface area (Å²) in [6.45, 7) is 5.85. The van der Waals surface area contributed by atoms with Gasteiger partial charge < -0.3 is 10.0 Å². The maximum Gasteiger partial charge on any atom is 0.0558 e. The standard InChI is InChI=1S/C13H27NO/c1-11-7-5-4-6-8-12(2)13(11)14(3)9-10-15/h11-13,15H,4-10H2,1-3H3. The van der Waals surface area contributed by atoms with E-state index >= 15 is 0 Å². The lowest BCUT2D eigenvalue weighted by Gasteiger charge is -2.38. The maximum atomic E-state index is 9.02. The zero-order valence-corrected chi connectivity index (χ0v) is 10.6. The highest BCUT2D eigenvalue weighted by Gasteiger charge is 2.27. The molecule has 1 N–H and O–H groups in total. The van der Waals surface area contributed by atoms with Gasteiger partial charge in [-0.2, -0.15) is 0 Å². The number of aliphatic hydroxyl groups excluding tert-OH is 1. The molecular weight excluding hydrogens is 186 g/mol. The first-order chi connectivity index (χ1) is 7.16. The second-order valence-corrected chi connectivity index (χ2v) is 5.29. The first-order valence-electron chi connectivity index (χ1n) is 6.48. The Kier molecular flexibility index (Phi) is 5.62. The lowest BCUT2D eigenvalue weighted by atomic mass is 9.81. The van der Waals surface area contributed by atoms with Gasteiger partial charge in [0.05, 0.1) is 6.61 Å². The Morgan fingerprint density at radius 2 is 1.60 bits per heavy atom. The van der Waals surface area contributed by atoms with Crippen LogP contribution >= 0.6 is 0 Å². The SMILES string of the molecule is CC1CCCCCC(C)C1N(C)CCO. The predicted molar refractivity (Wildman–Crippen MR) is 64.9 cm³/mol. The summed E-state index contributed by atoms with van der Waals surface area (Å²) in [6.07, 6.45) is 6.88. The van der Waals surface area contributed by atoms with E-state index in [9.17, 15) is 0 Å². The van der Waals surface area contributed by atoms with Gasteiger partial charge in [0.1, 0.15) is 0 Å². The van der Waals surface area contributed by atoms with Gasteiger partial charge in [-0.05, 0) is 31.7 Å². The first kappa shape index (κ1) is 13.0. The third-order valence-electron chi connectivity index (χ3n) is 3.95. The van der Waals surface area contributed by atoms with Crippen LogP contribution in [0.4, 0.5) is 0 Å². The molecule has 0 aromatic heterocycles. The van der Waals surface area contributed by atoms with E-state index < -0.39 is 0 Å². The smallest absolute Gasteiger partial charge is 0.0558 e. The van der Waals surface area contributed by atoms with Crippen molar-refractivity contribution in [2.24, 2.45) is 11.8 Å². The van der Waals surface area contributed by atoms with Crippen molar-refractivity contribution >= 4 is 0 Å². The normalized spacial score (nSPS) is 33.8. The molecule has 0 heterocycles. The molecule has 2 heteroatoms. The number of hydrogen-bond donors (Lipinski definition) is 1. The van der Waals surface area contributed by atoms with Gasteiger partial charge in [0.2, 0.25) is 0 Å². The van der Waals surface area contributed by atoms with Crippen LogP contribution in [0, 0.1) is 11.8 Å². The molecule has 0 saturated heterocycles. The molecule has 1 aliphatic rings. The van der Waals surface area contributed by atoms with E-state index in [2.05, 4.69) is 25.8 Å². The monoisotopic (exact) mass is 213 g/mol. The molecule has 2 unspecified atom stereocenters. The van der Waals surface area contributed by atoms with Gasteiger partial charge in [-0.15, -0.1) is 0 Å². The summed E-state index contributed by atoms with van der Waals surface area (Å²) in [5.41, 5.74) is 0. The van der Waals surface area contributed by atoms with Gasteiger partial charge in [0.15, 0.2) is 0 Å². The minimum atomic E-state index is 0.284. The Bertz CT molecular complexity index is 154. The molecule has 15 heavy (non-hydrogen) atoms. The summed E-state index contributed by atoms with van der Waals surface area (Å²) in [4.78, 5) is 2.36. The number of likely N-dealkylation sites (N-methyl/N-ethyl adjacent to an activating group) is 1. The molecule has 1 saturated carbocycles. The van der Waals surface area contributed by atoms with Gasteiger partial charge in [0.25, 0.3) is 0 Å². The zero-order chi connectivity index (χ0) is 11.3. The van der Waals surface area contributed by atoms with Crippen LogP contribution in [0.25, 0.3) is 0 Å². The average Bonchev–Trinajstić information content (AvgIpc) is 2.15. The quantitative estimate of drug-likeness (QED) is 0.778. The van der Waals surface area contributed by atoms with Crippen LogP contribution in [0.1, 0.15) is 46.0 Å². The van der Waals surface area contributed by atoms with Crippen molar-refractivity contribution in [3.63, 3.8) is 0 Å². The van der Waals surface area contributed by atoms with E-state index in [1.807, 2.05) is 0 Å². The highest BCUT2D eigenvalue weighted by molar-refractivity contribution is 4.81. The van der Waals surface area contributed by atoms with Crippen LogP contribution in [0.5, 0.6) is 0 Å². The summed E-state index contributed by atoms with van der Waals surface area (Å²) in [6, 6.07) is 0.664. The fraction of sp³-hybridized carbons (Fsp3) is 1.00. The Balaban J connectivity index is 2.59. The molecule has 1 aliphatic carbocycles. The molecule has 2 atom stereocenters. The summed E-state index contributed by atoms with van der Waals surface area (Å²) >= 11 is 0. The largest absolute Gasteiger partial charge is 0.395 e. The predicted octanol–water partition coefficient (Wildman–Crippen LogP) is 2.52. The highest BCUT2D eigenvalue weighted by Crippen LogP contribution is 2.29. The van der Waals surface area contributed by atoms with E-state index in [1.165, 1.54) is 32.1 Å². The molecule has 0 aliphatic heterocycles. The molecular formula is C13H27NO. The van der Waals surface area contributed by atoms with Crippen LogP contribution in [0.2, 0.25) is 0 Å². The van der Waals surface area contributed by atoms with Crippen molar-refractivity contribution in [1.29, 1.82) is 0 Å². The summed E-state index contributed by atoms with van der Waals surface area (Å²) < 4.78 is 0. The van der Waals surface area contributed by atoms with Crippen molar-refractivity contribution in [3.8, 4) is 0 Å². The van der Waals surface area contributed by atoms with Crippen molar-refractivity contribution in [2.75, 3.05) is 20.2 Å². The minimum Gasteiger partial charge on any atom is -0.395 e. The number of aliphatic hydroxyl groups is 1. The Labute approximate surface area is 94.7 Å². The molecule has 90 valence electrons. The van der Waals surface area contributed by atoms with Crippen molar-refractivity contribution in [2.45, 2.75) is 52.0 Å². The van der Waals surface area contributed by atoms with Crippen LogP contribution in [-0.2, 0) is 0 Å². The molecule has 0 bridgehead atoms. The zero-order valence-electron chi connectivity index (χ0n) is 10.6. The van der Waals surface area contributed by atoms with Gasteiger partial charge in [-0.3, -0.25) is 0 Å². The number of nitrogens with zero attached hydrogens (tertiary/aromatic N) is 1. The van der Waals surface area contributed by atoms with Crippen LogP contribution in [0.15, 0.2) is 0 Å². The summed E-state index contributed by atoms with van der Waals surface area (Å²) in [5.74, 6) is 1.55. The van der Waals surface area contributed by atoms with Gasteiger partial charge in [-0.25, -0.2) is 0 Å². The number of hydrogen-bond acceptors (Lipinski definition) is 2. The second-order valence-electron chi connectivity index (χ2n) is 5.29. The fourth-order valence-corrected chi connectivity index (χ4v) is 3.19. The highest BCUT2D eigenvalue weighted by atomic mass is 16.3. The summed E-state index contributed by atoms with van der Waals surface area (Å²) in [5, 5.41) is 9.02. The van der Waals surface area contributed by atoms with E-state index in [0.717, 1.165) is 18.4 Å². The Hall–Kier alpha value is -0.0800. The maximum absolute atomic E-state index is 9.02. The van der Waals surface area contributed by atoms with E-state index in [-0.39, 0.29) is 6.61 Å². The van der Waals surface area contributed by atoms with Gasteiger partial charge in [0, 0.05) is 12.6 Å². The first-order valence-corrected chi connectivity index (χ1v) is 6.48.